The normalized spacial score (nSPS) is 18.5. The molecule has 1 atom stereocenters. The van der Waals surface area contributed by atoms with Gasteiger partial charge in [-0.15, -0.1) is 11.3 Å². The second-order valence-electron chi connectivity index (χ2n) is 4.75. The maximum absolute atomic E-state index is 13.1. The number of hydrogen-bond acceptors (Lipinski definition) is 2. The number of carboxylic acids is 1. The lowest BCUT2D eigenvalue weighted by atomic mass is 9.84. The number of thiophene rings is 1. The Bertz CT molecular complexity index is 464. The first kappa shape index (κ1) is 16.4. The Labute approximate surface area is 120 Å². The molecule has 0 saturated heterocycles. The first-order valence-electron chi connectivity index (χ1n) is 5.61. The van der Waals surface area contributed by atoms with E-state index in [9.17, 15) is 18.0 Å². The zero-order valence-corrected chi connectivity index (χ0v) is 12.1. The summed E-state index contributed by atoms with van der Waals surface area (Å²) in [4.78, 5) is 12.3. The van der Waals surface area contributed by atoms with Gasteiger partial charge in [0.1, 0.15) is 0 Å². The van der Waals surface area contributed by atoms with E-state index in [0.717, 1.165) is 4.88 Å². The van der Waals surface area contributed by atoms with E-state index >= 15 is 0 Å². The minimum atomic E-state index is -4.33. The molecule has 7 heteroatoms. The molecule has 0 aliphatic heterocycles. The van der Waals surface area contributed by atoms with Crippen molar-refractivity contribution in [3.63, 3.8) is 0 Å². The molecule has 0 bridgehead atoms. The maximum Gasteiger partial charge on any atom is 0.395 e. The van der Waals surface area contributed by atoms with Gasteiger partial charge in [-0.1, -0.05) is 0 Å². The number of aryl methyl sites for hydroxylation is 1. The van der Waals surface area contributed by atoms with Crippen molar-refractivity contribution in [3.05, 3.63) is 21.9 Å². The summed E-state index contributed by atoms with van der Waals surface area (Å²) < 4.78 is 39.3. The highest BCUT2D eigenvalue weighted by Crippen LogP contribution is 2.66. The van der Waals surface area contributed by atoms with E-state index < -0.39 is 29.9 Å². The van der Waals surface area contributed by atoms with Gasteiger partial charge in [0, 0.05) is 15.7 Å². The number of rotatable bonds is 4. The minimum Gasteiger partial charge on any atom is -0.481 e. The van der Waals surface area contributed by atoms with Crippen molar-refractivity contribution in [2.24, 2.45) is 5.41 Å². The second kappa shape index (κ2) is 5.36. The van der Waals surface area contributed by atoms with E-state index in [1.807, 2.05) is 0 Å². The molecule has 1 saturated carbocycles. The van der Waals surface area contributed by atoms with E-state index in [1.165, 1.54) is 11.3 Å². The molecule has 1 fully saturated rings. The average Bonchev–Trinajstić information content (AvgIpc) is 2.93. The first-order valence-corrected chi connectivity index (χ1v) is 6.43. The van der Waals surface area contributed by atoms with Gasteiger partial charge in [0.05, 0.1) is 11.8 Å². The van der Waals surface area contributed by atoms with Crippen LogP contribution >= 0.6 is 24.8 Å². The highest BCUT2D eigenvalue weighted by atomic mass is 32.1. The molecule has 0 spiro atoms. The largest absolute Gasteiger partial charge is 0.481 e. The van der Waals surface area contributed by atoms with Crippen molar-refractivity contribution in [2.75, 3.05) is 0 Å². The van der Waals surface area contributed by atoms with Crippen LogP contribution in [-0.2, 0) is 4.79 Å². The van der Waals surface area contributed by atoms with Gasteiger partial charge >= 0.3 is 12.1 Å². The molecule has 1 aliphatic carbocycles. The Kier molecular flexibility index (Phi) is 4.62. The average molecular weight is 312 g/mol. The summed E-state index contributed by atoms with van der Waals surface area (Å²) in [5, 5.41) is 8.85. The lowest BCUT2D eigenvalue weighted by Gasteiger charge is -2.27. The molecule has 0 amide bonds. The van der Waals surface area contributed by atoms with Gasteiger partial charge in [0.25, 0.3) is 0 Å². The van der Waals surface area contributed by atoms with Crippen LogP contribution in [0.5, 0.6) is 0 Å². The highest BCUT2D eigenvalue weighted by Gasteiger charge is 2.67. The predicted octanol–water partition coefficient (Wildman–Crippen LogP) is 4.07. The SMILES string of the molecule is Cc1ccc([C@@H](CC(=O)O)C2(C(F)(F)F)CC2)s1.S. The monoisotopic (exact) mass is 312 g/mol. The van der Waals surface area contributed by atoms with E-state index in [-0.39, 0.29) is 26.3 Å². The number of halogens is 3. The third kappa shape index (κ3) is 3.08. The molecule has 0 radical (unpaired) electrons. The Balaban J connectivity index is 0.00000180. The fourth-order valence-electron chi connectivity index (χ4n) is 2.35. The van der Waals surface area contributed by atoms with Gasteiger partial charge in [-0.3, -0.25) is 4.79 Å². The van der Waals surface area contributed by atoms with Gasteiger partial charge in [0.2, 0.25) is 0 Å². The molecule has 2 rings (SSSR count). The quantitative estimate of drug-likeness (QED) is 0.910. The van der Waals surface area contributed by atoms with E-state index in [2.05, 4.69) is 0 Å². The molecular formula is C12H15F3O2S2. The standard InChI is InChI=1S/C12H13F3O2S.H2S/c1-7-2-3-9(18-7)8(6-10(16)17)11(4-5-11)12(13,14)15;/h2-3,8H,4-6H2,1H3,(H,16,17);1H2/t8-;/m1./s1. The third-order valence-electron chi connectivity index (χ3n) is 3.50. The third-order valence-corrected chi connectivity index (χ3v) is 4.62. The summed E-state index contributed by atoms with van der Waals surface area (Å²) in [5.41, 5.74) is -1.82. The molecule has 1 aliphatic rings. The second-order valence-corrected chi connectivity index (χ2v) is 6.07. The van der Waals surface area contributed by atoms with Crippen molar-refractivity contribution in [3.8, 4) is 0 Å². The molecule has 1 heterocycles. The summed E-state index contributed by atoms with van der Waals surface area (Å²) in [5.74, 6) is -2.13. The highest BCUT2D eigenvalue weighted by molar-refractivity contribution is 7.59. The fraction of sp³-hybridized carbons (Fsp3) is 0.583. The summed E-state index contributed by atoms with van der Waals surface area (Å²) in [6.45, 7) is 1.80. The Morgan fingerprint density at radius 2 is 2.05 bits per heavy atom. The maximum atomic E-state index is 13.1. The summed E-state index contributed by atoms with van der Waals surface area (Å²) in [6.07, 6.45) is -4.72. The minimum absolute atomic E-state index is 0. The first-order chi connectivity index (χ1) is 8.26. The number of hydrogen-bond donors (Lipinski definition) is 1. The lowest BCUT2D eigenvalue weighted by Crippen LogP contribution is -2.32. The van der Waals surface area contributed by atoms with Crippen LogP contribution in [0.4, 0.5) is 13.2 Å². The van der Waals surface area contributed by atoms with Crippen LogP contribution in [0.15, 0.2) is 12.1 Å². The summed E-state index contributed by atoms with van der Waals surface area (Å²) >= 11 is 1.26. The molecule has 108 valence electrons. The molecule has 19 heavy (non-hydrogen) atoms. The molecule has 0 aromatic carbocycles. The molecule has 2 nitrogen and oxygen atoms in total. The Hall–Kier alpha value is -0.690. The zero-order chi connectivity index (χ0) is 13.6. The number of aliphatic carboxylic acids is 1. The summed E-state index contributed by atoms with van der Waals surface area (Å²) in [6, 6.07) is 3.36. The van der Waals surface area contributed by atoms with Crippen LogP contribution in [0.3, 0.4) is 0 Å². The van der Waals surface area contributed by atoms with Gasteiger partial charge in [-0.2, -0.15) is 26.7 Å². The number of carbonyl (C=O) groups is 1. The molecular weight excluding hydrogens is 297 g/mol. The lowest BCUT2D eigenvalue weighted by molar-refractivity contribution is -0.195. The van der Waals surface area contributed by atoms with Crippen LogP contribution in [-0.4, -0.2) is 17.3 Å². The topological polar surface area (TPSA) is 37.3 Å². The molecule has 1 aromatic heterocycles. The molecule has 1 aromatic rings. The van der Waals surface area contributed by atoms with Crippen LogP contribution < -0.4 is 0 Å². The summed E-state index contributed by atoms with van der Waals surface area (Å²) in [7, 11) is 0. The molecule has 0 unspecified atom stereocenters. The van der Waals surface area contributed by atoms with Crippen LogP contribution in [0.25, 0.3) is 0 Å². The van der Waals surface area contributed by atoms with Crippen molar-refractivity contribution in [2.45, 2.75) is 38.3 Å². The van der Waals surface area contributed by atoms with Crippen LogP contribution in [0, 0.1) is 12.3 Å². The van der Waals surface area contributed by atoms with E-state index in [1.54, 1.807) is 19.1 Å². The van der Waals surface area contributed by atoms with Crippen molar-refractivity contribution in [1.82, 2.24) is 0 Å². The number of alkyl halides is 3. The van der Waals surface area contributed by atoms with Gasteiger partial charge in [-0.05, 0) is 31.9 Å². The van der Waals surface area contributed by atoms with Gasteiger partial charge in [-0.25, -0.2) is 0 Å². The number of carboxylic acid groups (broad SMARTS) is 1. The predicted molar refractivity (Wildman–Crippen MR) is 72.2 cm³/mol. The Morgan fingerprint density at radius 3 is 2.37 bits per heavy atom. The van der Waals surface area contributed by atoms with Gasteiger partial charge in [0.15, 0.2) is 0 Å². The van der Waals surface area contributed by atoms with Crippen molar-refractivity contribution >= 4 is 30.8 Å². The van der Waals surface area contributed by atoms with Crippen molar-refractivity contribution < 1.29 is 23.1 Å². The molecule has 1 N–H and O–H groups in total. The zero-order valence-electron chi connectivity index (χ0n) is 10.3. The Morgan fingerprint density at radius 1 is 1.47 bits per heavy atom. The smallest absolute Gasteiger partial charge is 0.395 e. The van der Waals surface area contributed by atoms with E-state index in [0.29, 0.717) is 4.88 Å². The van der Waals surface area contributed by atoms with E-state index in [4.69, 9.17) is 5.11 Å². The van der Waals surface area contributed by atoms with Crippen LogP contribution in [0.2, 0.25) is 0 Å². The van der Waals surface area contributed by atoms with Crippen LogP contribution in [0.1, 0.15) is 34.9 Å². The van der Waals surface area contributed by atoms with Crippen molar-refractivity contribution in [1.29, 1.82) is 0 Å². The van der Waals surface area contributed by atoms with Gasteiger partial charge < -0.3 is 5.11 Å². The fourth-order valence-corrected chi connectivity index (χ4v) is 3.44.